The van der Waals surface area contributed by atoms with Crippen LogP contribution in [0.15, 0.2) is 46.2 Å². The van der Waals surface area contributed by atoms with Crippen molar-refractivity contribution in [3.63, 3.8) is 0 Å². The molecule has 1 aliphatic rings. The fourth-order valence-corrected chi connectivity index (χ4v) is 6.09. The van der Waals surface area contributed by atoms with Crippen LogP contribution >= 0.6 is 11.6 Å². The highest BCUT2D eigenvalue weighted by Crippen LogP contribution is 2.33. The van der Waals surface area contributed by atoms with E-state index in [1.165, 1.54) is 38.2 Å². The lowest BCUT2D eigenvalue weighted by atomic mass is 10.0. The van der Waals surface area contributed by atoms with Crippen LogP contribution in [0.5, 0.6) is 0 Å². The molecule has 0 aliphatic carbocycles. The Bertz CT molecular complexity index is 1920. The van der Waals surface area contributed by atoms with Gasteiger partial charge in [0.15, 0.2) is 11.6 Å². The molecular formula is C26H22ClF3N6O4S. The predicted molar refractivity (Wildman–Crippen MR) is 145 cm³/mol. The summed E-state index contributed by atoms with van der Waals surface area (Å²) in [6, 6.07) is 6.83. The van der Waals surface area contributed by atoms with E-state index in [1.54, 1.807) is 15.7 Å². The Morgan fingerprint density at radius 3 is 2.49 bits per heavy atom. The number of aromatic nitrogens is 3. The monoisotopic (exact) mass is 606 g/mol. The van der Waals surface area contributed by atoms with Crippen LogP contribution in [0.2, 0.25) is 5.15 Å². The second kappa shape index (κ2) is 10.3. The first-order chi connectivity index (χ1) is 19.3. The molecule has 2 N–H and O–H groups in total. The van der Waals surface area contributed by atoms with Crippen LogP contribution in [0.1, 0.15) is 36.6 Å². The third kappa shape index (κ3) is 5.20. The number of sulfonamides is 1. The molecule has 2 aromatic carbocycles. The van der Waals surface area contributed by atoms with Crippen molar-refractivity contribution in [1.29, 1.82) is 0 Å². The Morgan fingerprint density at radius 1 is 1.07 bits per heavy atom. The quantitative estimate of drug-likeness (QED) is 0.316. The number of fused-ring (bicyclic) bond motifs is 2. The minimum Gasteiger partial charge on any atom is -0.376 e. The molecule has 1 aliphatic heterocycles. The molecule has 0 spiro atoms. The second-order valence-electron chi connectivity index (χ2n) is 9.54. The average Bonchev–Trinajstić information content (AvgIpc) is 3.31. The van der Waals surface area contributed by atoms with Gasteiger partial charge >= 0.3 is 0 Å². The number of nitrogens with zero attached hydrogens (tertiary/aromatic N) is 4. The van der Waals surface area contributed by atoms with E-state index in [0.29, 0.717) is 12.1 Å². The van der Waals surface area contributed by atoms with Crippen molar-refractivity contribution >= 4 is 50.1 Å². The van der Waals surface area contributed by atoms with Gasteiger partial charge in [-0.1, -0.05) is 17.7 Å². The molecule has 3 heterocycles. The molecule has 0 fully saturated rings. The van der Waals surface area contributed by atoms with Crippen molar-refractivity contribution < 1.29 is 26.4 Å². The van der Waals surface area contributed by atoms with Gasteiger partial charge in [-0.25, -0.2) is 27.9 Å². The van der Waals surface area contributed by atoms with Crippen molar-refractivity contribution in [3.05, 3.63) is 86.0 Å². The SMILES string of the molecule is CC(=O)NS(=O)(=O)c1nc(Cl)ccc1N[C@H](C)c1cc(F)c(F)c2c(=O)n(C)c(N3Cc4ccc(F)cc4C3)nc12. The van der Waals surface area contributed by atoms with E-state index in [2.05, 4.69) is 15.3 Å². The van der Waals surface area contributed by atoms with Crippen LogP contribution in [-0.2, 0) is 35.0 Å². The van der Waals surface area contributed by atoms with E-state index >= 15 is 4.39 Å². The summed E-state index contributed by atoms with van der Waals surface area (Å²) in [5.74, 6) is -3.83. The third-order valence-electron chi connectivity index (χ3n) is 6.62. The lowest BCUT2D eigenvalue weighted by Crippen LogP contribution is -2.30. The van der Waals surface area contributed by atoms with Gasteiger partial charge in [-0.05, 0) is 48.4 Å². The van der Waals surface area contributed by atoms with E-state index in [-0.39, 0.29) is 34.4 Å². The highest BCUT2D eigenvalue weighted by molar-refractivity contribution is 7.90. The van der Waals surface area contributed by atoms with Gasteiger partial charge in [0.2, 0.25) is 16.9 Å². The van der Waals surface area contributed by atoms with Gasteiger partial charge in [0.05, 0.1) is 17.2 Å². The maximum absolute atomic E-state index is 15.0. The van der Waals surface area contributed by atoms with Crippen molar-refractivity contribution in [3.8, 4) is 0 Å². The summed E-state index contributed by atoms with van der Waals surface area (Å²) in [7, 11) is -3.08. The summed E-state index contributed by atoms with van der Waals surface area (Å²) in [5, 5.41) is 1.50. The topological polar surface area (TPSA) is 126 Å². The van der Waals surface area contributed by atoms with E-state index in [9.17, 15) is 26.8 Å². The molecule has 1 atom stereocenters. The molecule has 1 amide bonds. The van der Waals surface area contributed by atoms with Gasteiger partial charge < -0.3 is 10.2 Å². The standard InChI is InChI=1S/C26H22ClF3N6O4S/c1-12(31-19-6-7-20(27)32-24(19)41(39,40)34-13(2)37)17-9-18(29)22(30)21-23(17)33-26(35(3)25(21)38)36-10-14-4-5-16(28)8-15(14)11-36/h4-9,12,31H,10-11H2,1-3H3,(H,34,37)/t12-/m1/s1. The summed E-state index contributed by atoms with van der Waals surface area (Å²) in [4.78, 5) is 34.9. The van der Waals surface area contributed by atoms with Crippen molar-refractivity contribution in [2.24, 2.45) is 7.05 Å². The van der Waals surface area contributed by atoms with E-state index < -0.39 is 55.4 Å². The molecule has 0 saturated heterocycles. The van der Waals surface area contributed by atoms with Crippen molar-refractivity contribution in [1.82, 2.24) is 19.3 Å². The molecule has 4 aromatic rings. The number of benzene rings is 2. The zero-order valence-electron chi connectivity index (χ0n) is 21.8. The molecule has 0 unspecified atom stereocenters. The average molecular weight is 607 g/mol. The number of hydrogen-bond acceptors (Lipinski definition) is 8. The molecule has 214 valence electrons. The van der Waals surface area contributed by atoms with Crippen molar-refractivity contribution in [2.45, 2.75) is 38.0 Å². The first-order valence-corrected chi connectivity index (χ1v) is 14.0. The predicted octanol–water partition coefficient (Wildman–Crippen LogP) is 3.92. The van der Waals surface area contributed by atoms with Gasteiger partial charge in [-0.15, -0.1) is 0 Å². The molecule has 0 bridgehead atoms. The van der Waals surface area contributed by atoms with E-state index in [1.807, 2.05) is 0 Å². The number of amides is 1. The Labute approximate surface area is 236 Å². The second-order valence-corrected chi connectivity index (χ2v) is 11.5. The van der Waals surface area contributed by atoms with Gasteiger partial charge in [-0.2, -0.15) is 8.42 Å². The fraction of sp³-hybridized carbons (Fsp3) is 0.231. The molecule has 2 aromatic heterocycles. The minimum absolute atomic E-state index is 0.0402. The summed E-state index contributed by atoms with van der Waals surface area (Å²) in [5.41, 5.74) is 0.456. The van der Waals surface area contributed by atoms with Gasteiger partial charge in [0.1, 0.15) is 16.4 Å². The largest absolute Gasteiger partial charge is 0.376 e. The summed E-state index contributed by atoms with van der Waals surface area (Å²) in [6.45, 7) is 3.05. The lowest BCUT2D eigenvalue weighted by molar-refractivity contribution is -0.117. The van der Waals surface area contributed by atoms with Crippen LogP contribution in [-0.4, -0.2) is 28.9 Å². The fourth-order valence-electron chi connectivity index (χ4n) is 4.78. The number of hydrogen-bond donors (Lipinski definition) is 2. The highest BCUT2D eigenvalue weighted by atomic mass is 35.5. The Balaban J connectivity index is 1.62. The number of anilines is 2. The highest BCUT2D eigenvalue weighted by Gasteiger charge is 2.28. The number of carbonyl (C=O) groups is 1. The van der Waals surface area contributed by atoms with Crippen LogP contribution in [0.4, 0.5) is 24.8 Å². The maximum Gasteiger partial charge on any atom is 0.283 e. The van der Waals surface area contributed by atoms with Crippen LogP contribution in [0.25, 0.3) is 10.9 Å². The summed E-state index contributed by atoms with van der Waals surface area (Å²) in [6.07, 6.45) is 0. The number of halogens is 4. The molecule has 10 nitrogen and oxygen atoms in total. The molecule has 41 heavy (non-hydrogen) atoms. The Kier molecular flexibility index (Phi) is 7.15. The maximum atomic E-state index is 15.0. The van der Waals surface area contributed by atoms with Gasteiger partial charge in [-0.3, -0.25) is 14.2 Å². The molecule has 0 radical (unpaired) electrons. The number of carbonyl (C=O) groups excluding carboxylic acids is 1. The molecule has 5 rings (SSSR count). The smallest absolute Gasteiger partial charge is 0.283 e. The first kappa shape index (κ1) is 28.4. The zero-order chi connectivity index (χ0) is 29.8. The normalized spacial score (nSPS) is 13.8. The summed E-state index contributed by atoms with van der Waals surface area (Å²) >= 11 is 5.90. The third-order valence-corrected chi connectivity index (χ3v) is 8.21. The number of pyridine rings is 1. The van der Waals surface area contributed by atoms with Crippen LogP contribution in [0, 0.1) is 17.5 Å². The Hall–Kier alpha value is -4.17. The van der Waals surface area contributed by atoms with Gasteiger partial charge in [0, 0.05) is 32.6 Å². The number of rotatable bonds is 6. The van der Waals surface area contributed by atoms with Crippen LogP contribution < -0.4 is 20.5 Å². The van der Waals surface area contributed by atoms with E-state index in [0.717, 1.165) is 23.1 Å². The van der Waals surface area contributed by atoms with Crippen LogP contribution in [0.3, 0.4) is 0 Å². The zero-order valence-corrected chi connectivity index (χ0v) is 23.4. The molecule has 0 saturated carbocycles. The lowest BCUT2D eigenvalue weighted by Gasteiger charge is -2.23. The first-order valence-electron chi connectivity index (χ1n) is 12.1. The van der Waals surface area contributed by atoms with E-state index in [4.69, 9.17) is 11.6 Å². The Morgan fingerprint density at radius 2 is 1.78 bits per heavy atom. The minimum atomic E-state index is -4.45. The van der Waals surface area contributed by atoms with Crippen molar-refractivity contribution in [2.75, 3.05) is 10.2 Å². The summed E-state index contributed by atoms with van der Waals surface area (Å²) < 4.78 is 72.0. The molecular weight excluding hydrogens is 585 g/mol. The molecule has 15 heteroatoms. The number of nitrogens with one attached hydrogen (secondary N) is 2. The van der Waals surface area contributed by atoms with Gasteiger partial charge in [0.25, 0.3) is 15.6 Å².